The minimum absolute atomic E-state index is 0.0745. The van der Waals surface area contributed by atoms with Crippen LogP contribution in [0.25, 0.3) is 22.4 Å². The van der Waals surface area contributed by atoms with Crippen LogP contribution < -0.4 is 10.0 Å². The number of ether oxygens (including phenoxy) is 1. The first-order chi connectivity index (χ1) is 19.3. The number of sulfonamides is 1. The van der Waals surface area contributed by atoms with E-state index in [1.54, 1.807) is 25.4 Å². The molecule has 0 radical (unpaired) electrons. The van der Waals surface area contributed by atoms with Gasteiger partial charge in [-0.1, -0.05) is 0 Å². The van der Waals surface area contributed by atoms with Gasteiger partial charge in [-0.15, -0.1) is 0 Å². The molecule has 6 rings (SSSR count). The molecule has 1 aliphatic heterocycles. The number of furan rings is 1. The van der Waals surface area contributed by atoms with Gasteiger partial charge in [0.15, 0.2) is 11.5 Å². The minimum Gasteiger partial charge on any atom is -0.448 e. The predicted octanol–water partition coefficient (Wildman–Crippen LogP) is 5.31. The third-order valence-electron chi connectivity index (χ3n) is 6.45. The zero-order chi connectivity index (χ0) is 27.9. The Labute approximate surface area is 227 Å². The summed E-state index contributed by atoms with van der Waals surface area (Å²) in [6.07, 6.45) is 7.09. The predicted molar refractivity (Wildman–Crippen MR) is 141 cm³/mol. The van der Waals surface area contributed by atoms with E-state index in [-0.39, 0.29) is 12.0 Å². The summed E-state index contributed by atoms with van der Waals surface area (Å²) < 4.78 is 70.7. The second-order valence-electron chi connectivity index (χ2n) is 9.15. The second kappa shape index (κ2) is 10.3. The smallest absolute Gasteiger partial charge is 0.295 e. The Morgan fingerprint density at radius 2 is 1.93 bits per heavy atom. The number of hydrogen-bond donors (Lipinski definition) is 2. The first-order valence-corrected chi connectivity index (χ1v) is 13.9. The molecule has 1 aromatic carbocycles. The topological polar surface area (TPSA) is 137 Å². The molecule has 14 heteroatoms. The molecule has 0 bridgehead atoms. The highest BCUT2D eigenvalue weighted by atomic mass is 32.2. The maximum atomic E-state index is 15.5. The van der Waals surface area contributed by atoms with Gasteiger partial charge in [-0.05, 0) is 62.6 Å². The van der Waals surface area contributed by atoms with Crippen molar-refractivity contribution >= 4 is 38.4 Å². The van der Waals surface area contributed by atoms with Crippen LogP contribution in [0.2, 0.25) is 0 Å². The van der Waals surface area contributed by atoms with Crippen LogP contribution in [0.3, 0.4) is 0 Å². The average molecular weight is 568 g/mol. The van der Waals surface area contributed by atoms with Crippen molar-refractivity contribution in [2.45, 2.75) is 37.5 Å². The Bertz CT molecular complexity index is 1820. The summed E-state index contributed by atoms with van der Waals surface area (Å²) in [6.45, 7) is 2.22. The number of nitrogens with zero attached hydrogens (tertiary/aromatic N) is 5. The highest BCUT2D eigenvalue weighted by Gasteiger charge is 2.25. The summed E-state index contributed by atoms with van der Waals surface area (Å²) in [5.74, 6) is -1.70. The molecule has 40 heavy (non-hydrogen) atoms. The van der Waals surface area contributed by atoms with Gasteiger partial charge in [0.2, 0.25) is 5.09 Å². The van der Waals surface area contributed by atoms with Gasteiger partial charge in [0.25, 0.3) is 10.0 Å². The summed E-state index contributed by atoms with van der Waals surface area (Å²) in [6, 6.07) is 7.95. The molecule has 4 aromatic heterocycles. The molecule has 0 amide bonds. The molecule has 1 unspecified atom stereocenters. The van der Waals surface area contributed by atoms with Crippen molar-refractivity contribution in [2.75, 3.05) is 16.6 Å². The number of hydrogen-bond acceptors (Lipinski definition) is 9. The molecule has 5 heterocycles. The summed E-state index contributed by atoms with van der Waals surface area (Å²) in [5.41, 5.74) is 0.715. The molecular formula is C26H23F2N7O4S. The van der Waals surface area contributed by atoms with Crippen molar-refractivity contribution in [1.82, 2.24) is 24.5 Å². The van der Waals surface area contributed by atoms with E-state index in [0.29, 0.717) is 34.8 Å². The first kappa shape index (κ1) is 25.8. The fraction of sp³-hybridized carbons (Fsp3) is 0.231. The highest BCUT2D eigenvalue weighted by Crippen LogP contribution is 2.35. The maximum absolute atomic E-state index is 15.5. The van der Waals surface area contributed by atoms with Crippen molar-refractivity contribution < 1.29 is 26.4 Å². The number of anilines is 3. The van der Waals surface area contributed by atoms with Crippen molar-refractivity contribution in [1.29, 1.82) is 0 Å². The number of pyridine rings is 1. The van der Waals surface area contributed by atoms with E-state index in [9.17, 15) is 12.8 Å². The number of aryl methyl sites for hydroxylation is 1. The number of nitrogens with one attached hydrogen (secondary N) is 2. The van der Waals surface area contributed by atoms with Crippen LogP contribution in [-0.4, -0.2) is 39.5 Å². The van der Waals surface area contributed by atoms with Crippen LogP contribution >= 0.6 is 0 Å². The van der Waals surface area contributed by atoms with Crippen molar-refractivity contribution in [3.63, 3.8) is 0 Å². The molecule has 1 saturated heterocycles. The van der Waals surface area contributed by atoms with E-state index < -0.39 is 38.1 Å². The van der Waals surface area contributed by atoms with Gasteiger partial charge < -0.3 is 14.5 Å². The molecule has 1 aliphatic rings. The monoisotopic (exact) mass is 567 g/mol. The van der Waals surface area contributed by atoms with E-state index in [2.05, 4.69) is 30.0 Å². The second-order valence-corrected chi connectivity index (χ2v) is 10.8. The molecule has 5 aromatic rings. The zero-order valence-electron chi connectivity index (χ0n) is 21.1. The standard InChI is InChI=1S/C26H23F2N7O4S/c1-15-7-10-20(39-15)40(36,37)34-18-9-8-17(27)23(21(18)28)33-25-16(5-4-11-29-25)22-24-26(31-13-30-22)35(14-32-24)19-6-2-3-12-38-19/h4-5,7-11,13-14,19,34H,2-3,6,12H2,1H3,(H,29,33). The average Bonchev–Trinajstić information content (AvgIpc) is 3.60. The number of aromatic nitrogens is 5. The molecule has 1 atom stereocenters. The molecule has 11 nitrogen and oxygen atoms in total. The maximum Gasteiger partial charge on any atom is 0.295 e. The van der Waals surface area contributed by atoms with Gasteiger partial charge >= 0.3 is 0 Å². The molecule has 1 fully saturated rings. The number of imidazole rings is 1. The Balaban J connectivity index is 1.36. The van der Waals surface area contributed by atoms with Crippen molar-refractivity contribution in [3.05, 3.63) is 72.6 Å². The number of halogens is 2. The third kappa shape index (κ3) is 4.75. The van der Waals surface area contributed by atoms with Crippen LogP contribution in [0.5, 0.6) is 0 Å². The molecule has 0 saturated carbocycles. The van der Waals surface area contributed by atoms with Gasteiger partial charge in [-0.2, -0.15) is 8.42 Å². The number of rotatable bonds is 7. The summed E-state index contributed by atoms with van der Waals surface area (Å²) in [5, 5.41) is 2.27. The van der Waals surface area contributed by atoms with Gasteiger partial charge in [0.05, 0.1) is 12.0 Å². The van der Waals surface area contributed by atoms with Crippen LogP contribution in [0, 0.1) is 18.6 Å². The lowest BCUT2D eigenvalue weighted by molar-refractivity contribution is -0.0298. The van der Waals surface area contributed by atoms with Crippen LogP contribution in [0.1, 0.15) is 31.3 Å². The van der Waals surface area contributed by atoms with Gasteiger partial charge in [0.1, 0.15) is 46.8 Å². The minimum atomic E-state index is -4.26. The normalized spacial score (nSPS) is 15.8. The Kier molecular flexibility index (Phi) is 6.64. The van der Waals surface area contributed by atoms with E-state index in [1.165, 1.54) is 24.7 Å². The molecule has 2 N–H and O–H groups in total. The number of fused-ring (bicyclic) bond motifs is 1. The van der Waals surface area contributed by atoms with Crippen LogP contribution in [0.15, 0.2) is 64.8 Å². The fourth-order valence-corrected chi connectivity index (χ4v) is 5.55. The van der Waals surface area contributed by atoms with E-state index in [1.807, 2.05) is 4.57 Å². The van der Waals surface area contributed by atoms with Crippen LogP contribution in [0.4, 0.5) is 26.0 Å². The Hall–Kier alpha value is -4.43. The molecular weight excluding hydrogens is 544 g/mol. The SMILES string of the molecule is Cc1ccc(S(=O)(=O)Nc2ccc(F)c(Nc3ncccc3-c3ncnc4c3ncn4C3CCCCO3)c2F)o1. The van der Waals surface area contributed by atoms with Gasteiger partial charge in [-0.25, -0.2) is 28.7 Å². The van der Waals surface area contributed by atoms with E-state index in [4.69, 9.17) is 9.15 Å². The molecule has 206 valence electrons. The van der Waals surface area contributed by atoms with Crippen molar-refractivity contribution in [2.24, 2.45) is 0 Å². The highest BCUT2D eigenvalue weighted by molar-refractivity contribution is 7.92. The lowest BCUT2D eigenvalue weighted by atomic mass is 10.1. The summed E-state index contributed by atoms with van der Waals surface area (Å²) in [7, 11) is -4.26. The lowest BCUT2D eigenvalue weighted by Crippen LogP contribution is -2.17. The largest absolute Gasteiger partial charge is 0.448 e. The van der Waals surface area contributed by atoms with E-state index in [0.717, 1.165) is 31.4 Å². The van der Waals surface area contributed by atoms with Gasteiger partial charge in [-0.3, -0.25) is 9.29 Å². The first-order valence-electron chi connectivity index (χ1n) is 12.4. The Morgan fingerprint density at radius 1 is 1.05 bits per heavy atom. The third-order valence-corrected chi connectivity index (χ3v) is 7.68. The summed E-state index contributed by atoms with van der Waals surface area (Å²) >= 11 is 0. The van der Waals surface area contributed by atoms with E-state index >= 15 is 4.39 Å². The fourth-order valence-electron chi connectivity index (χ4n) is 4.51. The quantitative estimate of drug-likeness (QED) is 0.268. The zero-order valence-corrected chi connectivity index (χ0v) is 22.0. The molecule has 0 spiro atoms. The summed E-state index contributed by atoms with van der Waals surface area (Å²) in [4.78, 5) is 17.6. The number of benzene rings is 1. The van der Waals surface area contributed by atoms with Crippen molar-refractivity contribution in [3.8, 4) is 11.3 Å². The molecule has 0 aliphatic carbocycles. The van der Waals surface area contributed by atoms with Crippen LogP contribution in [-0.2, 0) is 14.8 Å². The van der Waals surface area contributed by atoms with Gasteiger partial charge in [0, 0.05) is 18.4 Å². The Morgan fingerprint density at radius 3 is 2.70 bits per heavy atom. The lowest BCUT2D eigenvalue weighted by Gasteiger charge is -2.23.